The van der Waals surface area contributed by atoms with Crippen molar-refractivity contribution in [3.63, 3.8) is 0 Å². The molecule has 0 aliphatic carbocycles. The van der Waals surface area contributed by atoms with Crippen LogP contribution in [0.15, 0.2) is 0 Å². The Morgan fingerprint density at radius 2 is 0.750 bits per heavy atom. The van der Waals surface area contributed by atoms with E-state index in [1.807, 2.05) is 0 Å². The normalized spacial score (nSPS) is 13.1. The van der Waals surface area contributed by atoms with E-state index in [1.165, 1.54) is 0 Å². The molecule has 2 N–H and O–H groups in total. The first-order valence-electron chi connectivity index (χ1n) is 5.18. The molecule has 0 aromatic carbocycles. The van der Waals surface area contributed by atoms with Gasteiger partial charge in [0.2, 0.25) is 0 Å². The Hall–Kier alpha value is 1.08. The Morgan fingerprint density at radius 1 is 0.562 bits per heavy atom. The second-order valence-electron chi connectivity index (χ2n) is 3.82. The van der Waals surface area contributed by atoms with Crippen molar-refractivity contribution in [2.24, 2.45) is 0 Å². The molecule has 98 valence electrons. The minimum Gasteiger partial charge on any atom is -0.387 e. The molecular formula is C10H18Cl4O2. The maximum Gasteiger partial charge on any atom is 0.0956 e. The van der Waals surface area contributed by atoms with Crippen LogP contribution in [0.1, 0.15) is 25.7 Å². The van der Waals surface area contributed by atoms with E-state index < -0.39 is 11.2 Å². The SMILES string of the molecule is OC(CCCl)(CCCl)C(O)(CCCl)CCCl. The summed E-state index contributed by atoms with van der Waals surface area (Å²) in [5.74, 6) is 1.00. The highest BCUT2D eigenvalue weighted by Crippen LogP contribution is 2.36. The summed E-state index contributed by atoms with van der Waals surface area (Å²) in [5.41, 5.74) is -2.64. The standard InChI is InChI=1S/C10H18Cl4O2/c11-5-1-9(15,2-6-12)10(16,3-7-13)4-8-14/h15-16H,1-8H2. The molecule has 0 aromatic rings. The van der Waals surface area contributed by atoms with Gasteiger partial charge in [-0.1, -0.05) is 0 Å². The summed E-state index contributed by atoms with van der Waals surface area (Å²) in [6, 6.07) is 0. The van der Waals surface area contributed by atoms with E-state index in [-0.39, 0.29) is 49.2 Å². The molecular weight excluding hydrogens is 294 g/mol. The molecule has 0 heterocycles. The fourth-order valence-electron chi connectivity index (χ4n) is 1.81. The van der Waals surface area contributed by atoms with E-state index in [1.54, 1.807) is 0 Å². The van der Waals surface area contributed by atoms with Gasteiger partial charge in [-0.3, -0.25) is 0 Å². The minimum atomic E-state index is -1.32. The van der Waals surface area contributed by atoms with Crippen LogP contribution in [0.2, 0.25) is 0 Å². The largest absolute Gasteiger partial charge is 0.387 e. The zero-order valence-electron chi connectivity index (χ0n) is 9.06. The Balaban J connectivity index is 4.90. The highest BCUT2D eigenvalue weighted by Gasteiger charge is 2.47. The summed E-state index contributed by atoms with van der Waals surface area (Å²) in [4.78, 5) is 0. The van der Waals surface area contributed by atoms with Crippen molar-refractivity contribution < 1.29 is 10.2 Å². The Labute approximate surface area is 117 Å². The lowest BCUT2D eigenvalue weighted by atomic mass is 9.75. The van der Waals surface area contributed by atoms with Crippen LogP contribution in [0.3, 0.4) is 0 Å². The quantitative estimate of drug-likeness (QED) is 0.643. The summed E-state index contributed by atoms with van der Waals surface area (Å²) in [7, 11) is 0. The van der Waals surface area contributed by atoms with Gasteiger partial charge in [0.15, 0.2) is 0 Å². The highest BCUT2D eigenvalue weighted by atomic mass is 35.5. The van der Waals surface area contributed by atoms with Gasteiger partial charge in [0.05, 0.1) is 11.2 Å². The molecule has 0 aliphatic rings. The van der Waals surface area contributed by atoms with Gasteiger partial charge in [-0.15, -0.1) is 46.4 Å². The number of hydrogen-bond donors (Lipinski definition) is 2. The zero-order chi connectivity index (χ0) is 12.7. The van der Waals surface area contributed by atoms with Crippen LogP contribution in [-0.4, -0.2) is 44.9 Å². The maximum absolute atomic E-state index is 10.5. The summed E-state index contributed by atoms with van der Waals surface area (Å²) >= 11 is 22.6. The van der Waals surface area contributed by atoms with E-state index in [4.69, 9.17) is 46.4 Å². The molecule has 0 fully saturated rings. The second-order valence-corrected chi connectivity index (χ2v) is 5.33. The van der Waals surface area contributed by atoms with Crippen molar-refractivity contribution in [2.75, 3.05) is 23.5 Å². The zero-order valence-corrected chi connectivity index (χ0v) is 12.1. The summed E-state index contributed by atoms with van der Waals surface area (Å²) in [6.45, 7) is 0. The average molecular weight is 312 g/mol. The van der Waals surface area contributed by atoms with Crippen molar-refractivity contribution in [3.8, 4) is 0 Å². The topological polar surface area (TPSA) is 40.5 Å². The van der Waals surface area contributed by atoms with Gasteiger partial charge >= 0.3 is 0 Å². The van der Waals surface area contributed by atoms with Gasteiger partial charge in [-0.05, 0) is 25.7 Å². The Morgan fingerprint density at radius 3 is 0.875 bits per heavy atom. The van der Waals surface area contributed by atoms with Crippen LogP contribution in [0.25, 0.3) is 0 Å². The molecule has 2 nitrogen and oxygen atoms in total. The monoisotopic (exact) mass is 310 g/mol. The maximum atomic E-state index is 10.5. The molecule has 0 spiro atoms. The third-order valence-electron chi connectivity index (χ3n) is 2.90. The van der Waals surface area contributed by atoms with Crippen molar-refractivity contribution in [3.05, 3.63) is 0 Å². The molecule has 0 aliphatic heterocycles. The third-order valence-corrected chi connectivity index (χ3v) is 3.65. The molecule has 6 heteroatoms. The second kappa shape index (κ2) is 8.23. The lowest BCUT2D eigenvalue weighted by Crippen LogP contribution is -2.55. The Kier molecular flexibility index (Phi) is 8.78. The highest BCUT2D eigenvalue weighted by molar-refractivity contribution is 6.19. The number of rotatable bonds is 9. The van der Waals surface area contributed by atoms with Gasteiger partial charge in [-0.2, -0.15) is 0 Å². The number of halogens is 4. The third kappa shape index (κ3) is 4.40. The number of alkyl halides is 4. The predicted molar refractivity (Wildman–Crippen MR) is 71.2 cm³/mol. The molecule has 0 radical (unpaired) electrons. The summed E-state index contributed by atoms with van der Waals surface area (Å²) in [5, 5.41) is 20.9. The molecule has 0 bridgehead atoms. The van der Waals surface area contributed by atoms with Crippen molar-refractivity contribution in [1.29, 1.82) is 0 Å². The van der Waals surface area contributed by atoms with Gasteiger partial charge in [0.1, 0.15) is 0 Å². The fraction of sp³-hybridized carbons (Fsp3) is 1.00. The van der Waals surface area contributed by atoms with Crippen LogP contribution < -0.4 is 0 Å². The summed E-state index contributed by atoms with van der Waals surface area (Å²) < 4.78 is 0. The van der Waals surface area contributed by atoms with E-state index in [0.717, 1.165) is 0 Å². The molecule has 0 amide bonds. The van der Waals surface area contributed by atoms with E-state index in [9.17, 15) is 10.2 Å². The van der Waals surface area contributed by atoms with Crippen molar-refractivity contribution in [1.82, 2.24) is 0 Å². The Bertz CT molecular complexity index is 158. The van der Waals surface area contributed by atoms with E-state index in [2.05, 4.69) is 0 Å². The average Bonchev–Trinajstić information content (AvgIpc) is 2.19. The fourth-order valence-corrected chi connectivity index (χ4v) is 3.06. The van der Waals surface area contributed by atoms with Crippen LogP contribution in [0.4, 0.5) is 0 Å². The molecule has 0 atom stereocenters. The van der Waals surface area contributed by atoms with Gasteiger partial charge in [0.25, 0.3) is 0 Å². The first-order valence-corrected chi connectivity index (χ1v) is 7.32. The lowest BCUT2D eigenvalue weighted by molar-refractivity contribution is -0.157. The van der Waals surface area contributed by atoms with Crippen LogP contribution >= 0.6 is 46.4 Å². The molecule has 0 aromatic heterocycles. The lowest BCUT2D eigenvalue weighted by Gasteiger charge is -2.43. The van der Waals surface area contributed by atoms with E-state index in [0.29, 0.717) is 0 Å². The molecule has 0 saturated carbocycles. The van der Waals surface area contributed by atoms with Crippen molar-refractivity contribution in [2.45, 2.75) is 36.9 Å². The van der Waals surface area contributed by atoms with Gasteiger partial charge in [0, 0.05) is 23.5 Å². The van der Waals surface area contributed by atoms with E-state index >= 15 is 0 Å². The molecule has 0 saturated heterocycles. The smallest absolute Gasteiger partial charge is 0.0956 e. The molecule has 16 heavy (non-hydrogen) atoms. The van der Waals surface area contributed by atoms with Gasteiger partial charge in [-0.25, -0.2) is 0 Å². The van der Waals surface area contributed by atoms with Crippen LogP contribution in [0, 0.1) is 0 Å². The van der Waals surface area contributed by atoms with Crippen molar-refractivity contribution >= 4 is 46.4 Å². The summed E-state index contributed by atoms with van der Waals surface area (Å²) in [6.07, 6.45) is 1.08. The van der Waals surface area contributed by atoms with Crippen LogP contribution in [0.5, 0.6) is 0 Å². The first-order chi connectivity index (χ1) is 7.49. The predicted octanol–water partition coefficient (Wildman–Crippen LogP) is 2.96. The van der Waals surface area contributed by atoms with Gasteiger partial charge < -0.3 is 10.2 Å². The molecule has 0 unspecified atom stereocenters. The first kappa shape index (κ1) is 17.1. The number of hydrogen-bond acceptors (Lipinski definition) is 2. The van der Waals surface area contributed by atoms with Crippen LogP contribution in [-0.2, 0) is 0 Å². The molecule has 0 rings (SSSR count). The number of aliphatic hydroxyl groups is 2. The minimum absolute atomic E-state index is 0.250.